The third-order valence-electron chi connectivity index (χ3n) is 7.25. The van der Waals surface area contributed by atoms with Crippen LogP contribution in [0.5, 0.6) is 0 Å². The van der Waals surface area contributed by atoms with Crippen LogP contribution < -0.4 is 17.0 Å². The maximum absolute atomic E-state index is 13.3. The van der Waals surface area contributed by atoms with E-state index in [1.54, 1.807) is 0 Å². The molecule has 2 saturated heterocycles. The molecule has 9 N–H and O–H groups in total. The smallest absolute Gasteiger partial charge is 0.394 e. The van der Waals surface area contributed by atoms with Crippen LogP contribution in [0.15, 0.2) is 23.8 Å². The van der Waals surface area contributed by atoms with E-state index in [-0.39, 0.29) is 40.5 Å². The Morgan fingerprint density at radius 1 is 1.16 bits per heavy atom. The van der Waals surface area contributed by atoms with Gasteiger partial charge in [0.25, 0.3) is 5.56 Å². The molecule has 4 aromatic rings. The minimum absolute atomic E-state index is 0.00634. The number of fused-ring (bicyclic) bond motifs is 2. The Bertz CT molecular complexity index is 1850. The summed E-state index contributed by atoms with van der Waals surface area (Å²) in [7, 11) is -8.67. The maximum atomic E-state index is 13.3. The summed E-state index contributed by atoms with van der Waals surface area (Å²) in [6, 6.07) is 0. The molecule has 0 radical (unpaired) electrons. The molecule has 10 atom stereocenters. The summed E-state index contributed by atoms with van der Waals surface area (Å²) in [6.45, 7) is 0.824. The van der Waals surface area contributed by atoms with Gasteiger partial charge in [-0.05, 0) is 6.92 Å². The van der Waals surface area contributed by atoms with Crippen molar-refractivity contribution in [2.24, 2.45) is 0 Å². The van der Waals surface area contributed by atoms with Crippen molar-refractivity contribution in [2.75, 3.05) is 18.1 Å². The zero-order chi connectivity index (χ0) is 32.2. The third kappa shape index (κ3) is 5.98. The summed E-state index contributed by atoms with van der Waals surface area (Å²) in [6.07, 6.45) is -6.98. The quantitative estimate of drug-likeness (QED) is 0.0923. The molecule has 0 bridgehead atoms. The van der Waals surface area contributed by atoms with Gasteiger partial charge < -0.3 is 45.5 Å². The van der Waals surface area contributed by atoms with Crippen molar-refractivity contribution < 1.29 is 52.2 Å². The molecule has 0 aliphatic carbocycles. The van der Waals surface area contributed by atoms with E-state index in [0.29, 0.717) is 0 Å². The Morgan fingerprint density at radius 3 is 2.58 bits per heavy atom. The molecule has 0 amide bonds. The number of nitrogens with zero attached hydrogens (tertiary/aromatic N) is 7. The molecule has 244 valence electrons. The van der Waals surface area contributed by atoms with Crippen LogP contribution in [0.3, 0.4) is 0 Å². The van der Waals surface area contributed by atoms with Crippen molar-refractivity contribution in [3.63, 3.8) is 0 Å². The molecule has 2 aliphatic heterocycles. The number of aromatic nitrogens is 8. The van der Waals surface area contributed by atoms with Crippen LogP contribution in [0.4, 0.5) is 11.8 Å². The fraction of sp³-hybridized carbons (Fsp3) is 0.524. The van der Waals surface area contributed by atoms with E-state index >= 15 is 0 Å². The molecule has 22 nitrogen and oxygen atoms in total. The van der Waals surface area contributed by atoms with Crippen molar-refractivity contribution in [1.29, 1.82) is 0 Å². The van der Waals surface area contributed by atoms with Crippen molar-refractivity contribution in [3.05, 3.63) is 29.3 Å². The van der Waals surface area contributed by atoms with Gasteiger partial charge in [0.2, 0.25) is 5.95 Å². The lowest BCUT2D eigenvalue weighted by Crippen LogP contribution is -2.39. The number of anilines is 2. The zero-order valence-electron chi connectivity index (χ0n) is 23.1. The molecule has 0 spiro atoms. The summed E-state index contributed by atoms with van der Waals surface area (Å²) < 4.78 is 55.2. The standard InChI is InChI=1S/C21H28N10O12P2/c1-7(13-14(41-44(35)36)12(33)20(40-13)30-5-26-10-15(22)24-4-25-16(10)30)42-45(37,38)43-9-2-8(3-32)39-19(9)31-6-27-11-17(31)28-21(23)29-18(11)34/h4-9,12-14,19-20,32-33,44H,2-3H2,1H3,(H,35,36)(H,37,38)(H2,22,24,25)(H3,23,28,29,34)/t7-,8-,9+,12+,13-,14-,19+,20+/m0/s1. The predicted molar refractivity (Wildman–Crippen MR) is 149 cm³/mol. The van der Waals surface area contributed by atoms with Crippen LogP contribution in [-0.4, -0.2) is 102 Å². The molecule has 2 unspecified atom stereocenters. The van der Waals surface area contributed by atoms with Gasteiger partial charge in [-0.1, -0.05) is 0 Å². The number of aromatic amines is 1. The number of nitrogen functional groups attached to an aromatic ring is 2. The Morgan fingerprint density at radius 2 is 1.87 bits per heavy atom. The number of phosphoric acid groups is 1. The van der Waals surface area contributed by atoms with E-state index in [1.807, 2.05) is 0 Å². The van der Waals surface area contributed by atoms with Crippen LogP contribution in [0.1, 0.15) is 25.8 Å². The van der Waals surface area contributed by atoms with Gasteiger partial charge >= 0.3 is 16.1 Å². The van der Waals surface area contributed by atoms with Gasteiger partial charge in [-0.2, -0.15) is 4.98 Å². The Balaban J connectivity index is 1.23. The normalized spacial score (nSPS) is 29.8. The Kier molecular flexibility index (Phi) is 8.48. The fourth-order valence-electron chi connectivity index (χ4n) is 5.36. The number of rotatable bonds is 10. The molecule has 6 heterocycles. The number of phosphoric ester groups is 1. The molecular weight excluding hydrogens is 646 g/mol. The minimum Gasteiger partial charge on any atom is -0.394 e. The molecule has 24 heteroatoms. The molecule has 4 aromatic heterocycles. The van der Waals surface area contributed by atoms with Gasteiger partial charge in [0.05, 0.1) is 31.5 Å². The molecule has 2 aliphatic rings. The first kappa shape index (κ1) is 31.6. The average molecular weight is 674 g/mol. The van der Waals surface area contributed by atoms with Gasteiger partial charge in [0.1, 0.15) is 36.3 Å². The number of aliphatic hydroxyl groups excluding tert-OH is 2. The summed E-state index contributed by atoms with van der Waals surface area (Å²) in [5.41, 5.74) is 11.1. The summed E-state index contributed by atoms with van der Waals surface area (Å²) >= 11 is 0. The van der Waals surface area contributed by atoms with Crippen LogP contribution >= 0.6 is 16.1 Å². The fourth-order valence-corrected chi connectivity index (χ4v) is 6.99. The summed E-state index contributed by atoms with van der Waals surface area (Å²) in [4.78, 5) is 55.0. The molecule has 2 fully saturated rings. The number of hydrogen-bond donors (Lipinski definition) is 7. The van der Waals surface area contributed by atoms with Gasteiger partial charge in [0, 0.05) is 6.42 Å². The Labute approximate surface area is 251 Å². The first-order valence-electron chi connectivity index (χ1n) is 13.2. The van der Waals surface area contributed by atoms with Crippen LogP contribution in [0.2, 0.25) is 0 Å². The van der Waals surface area contributed by atoms with E-state index < -0.39 is 77.3 Å². The average Bonchev–Trinajstić information content (AvgIpc) is 3.73. The number of H-pyrrole nitrogens is 1. The molecule has 6 rings (SSSR count). The number of imidazole rings is 2. The van der Waals surface area contributed by atoms with Gasteiger partial charge in [-0.25, -0.2) is 24.5 Å². The van der Waals surface area contributed by atoms with Gasteiger partial charge in [-0.15, -0.1) is 0 Å². The van der Waals surface area contributed by atoms with Crippen molar-refractivity contribution in [1.82, 2.24) is 39.0 Å². The monoisotopic (exact) mass is 674 g/mol. The topological polar surface area (TPSA) is 320 Å². The van der Waals surface area contributed by atoms with E-state index in [9.17, 15) is 33.9 Å². The number of ether oxygens (including phenoxy) is 2. The second-order valence-electron chi connectivity index (χ2n) is 10.2. The second-order valence-corrected chi connectivity index (χ2v) is 12.3. The highest BCUT2D eigenvalue weighted by atomic mass is 31.2. The predicted octanol–water partition coefficient (Wildman–Crippen LogP) is -1.68. The highest BCUT2D eigenvalue weighted by molar-refractivity contribution is 7.47. The third-order valence-corrected chi connectivity index (χ3v) is 8.86. The highest BCUT2D eigenvalue weighted by Crippen LogP contribution is 2.52. The zero-order valence-corrected chi connectivity index (χ0v) is 24.9. The highest BCUT2D eigenvalue weighted by Gasteiger charge is 2.51. The first-order valence-corrected chi connectivity index (χ1v) is 16.0. The van der Waals surface area contributed by atoms with E-state index in [1.165, 1.54) is 28.7 Å². The number of nitrogens with one attached hydrogen (secondary N) is 1. The van der Waals surface area contributed by atoms with Crippen LogP contribution in [0.25, 0.3) is 22.3 Å². The summed E-state index contributed by atoms with van der Waals surface area (Å²) in [5, 5.41) is 20.8. The molecule has 0 aromatic carbocycles. The Hall–Kier alpha value is -3.40. The van der Waals surface area contributed by atoms with Crippen molar-refractivity contribution in [2.45, 2.75) is 62.4 Å². The van der Waals surface area contributed by atoms with Crippen molar-refractivity contribution >= 4 is 50.2 Å². The summed E-state index contributed by atoms with van der Waals surface area (Å²) in [5.74, 6) is -0.161. The molecule has 0 saturated carbocycles. The van der Waals surface area contributed by atoms with Crippen LogP contribution in [-0.2, 0) is 32.2 Å². The van der Waals surface area contributed by atoms with E-state index in [2.05, 4.69) is 29.9 Å². The lowest BCUT2D eigenvalue weighted by atomic mass is 10.1. The van der Waals surface area contributed by atoms with E-state index in [0.717, 1.165) is 6.33 Å². The lowest BCUT2D eigenvalue weighted by molar-refractivity contribution is -0.0817. The number of hydrogen-bond acceptors (Lipinski definition) is 17. The molecule has 45 heavy (non-hydrogen) atoms. The van der Waals surface area contributed by atoms with Crippen molar-refractivity contribution in [3.8, 4) is 0 Å². The number of aliphatic hydroxyl groups is 2. The van der Waals surface area contributed by atoms with Gasteiger partial charge in [-0.3, -0.25) is 32.5 Å². The SMILES string of the molecule is C[C@H](OP(=O)(O)O[C@@H]1C[C@@H](CO)O[C@H]1n1cnc2c(=O)[nH]c(N)nc21)[C@@H]1O[C@@H](n2cnc3c(N)ncnc32)[C@H](O)[C@@H]1O[PH](=O)O. The largest absolute Gasteiger partial charge is 0.472 e. The van der Waals surface area contributed by atoms with Gasteiger partial charge in [0.15, 0.2) is 35.1 Å². The first-order chi connectivity index (χ1) is 21.4. The number of nitrogens with two attached hydrogens (primary N) is 2. The maximum Gasteiger partial charge on any atom is 0.472 e. The van der Waals surface area contributed by atoms with Crippen LogP contribution in [0, 0.1) is 0 Å². The lowest BCUT2D eigenvalue weighted by Gasteiger charge is -2.28. The van der Waals surface area contributed by atoms with E-state index in [4.69, 9.17) is 34.5 Å². The second kappa shape index (κ2) is 12.1. The minimum atomic E-state index is -5.03. The molecular formula is C21H28N10O12P2.